The highest BCUT2D eigenvalue weighted by Gasteiger charge is 2.48. The maximum absolute atomic E-state index is 13.4. The molecule has 7 nitrogen and oxygen atoms in total. The summed E-state index contributed by atoms with van der Waals surface area (Å²) in [5.41, 5.74) is 0.884. The van der Waals surface area contributed by atoms with E-state index in [1.54, 1.807) is 29.6 Å². The molecule has 1 aromatic carbocycles. The van der Waals surface area contributed by atoms with Crippen LogP contribution in [0.25, 0.3) is 0 Å². The normalized spacial score (nSPS) is 22.3. The maximum atomic E-state index is 13.4. The van der Waals surface area contributed by atoms with Crippen molar-refractivity contribution in [1.82, 2.24) is 15.2 Å². The van der Waals surface area contributed by atoms with Crippen LogP contribution in [0, 0.1) is 0 Å². The Bertz CT molecular complexity index is 1220. The summed E-state index contributed by atoms with van der Waals surface area (Å²) in [6.07, 6.45) is 1.70. The number of amides is 4. The standard InChI is InChI=1S/C25H24N4O3S2/c1-25(12-11-17-7-3-2-4-8-17)23(31)28(24(32)26-25)16-22(30)29-19(21-10-6-14-34-21)15-18(27-29)20-9-5-13-33-20/h2-10,13-14,19H,11-12,15-16H2,1H3,(H,26,32)/t19-,25-/m0/s1. The second-order valence-electron chi connectivity index (χ2n) is 8.64. The van der Waals surface area contributed by atoms with E-state index in [4.69, 9.17) is 0 Å². The lowest BCUT2D eigenvalue weighted by molar-refractivity contribution is -0.139. The predicted molar refractivity (Wildman–Crippen MR) is 133 cm³/mol. The number of imide groups is 1. The molecule has 4 amide bonds. The number of benzene rings is 1. The molecule has 0 bridgehead atoms. The summed E-state index contributed by atoms with van der Waals surface area (Å²) >= 11 is 3.14. The summed E-state index contributed by atoms with van der Waals surface area (Å²) in [5, 5.41) is 12.8. The van der Waals surface area contributed by atoms with Gasteiger partial charge in [-0.3, -0.25) is 14.5 Å². The van der Waals surface area contributed by atoms with Gasteiger partial charge in [0.05, 0.1) is 16.6 Å². The zero-order valence-corrected chi connectivity index (χ0v) is 20.3. The largest absolute Gasteiger partial charge is 0.325 e. The average molecular weight is 493 g/mol. The van der Waals surface area contributed by atoms with Crippen molar-refractivity contribution in [2.24, 2.45) is 5.10 Å². The lowest BCUT2D eigenvalue weighted by Gasteiger charge is -2.24. The minimum absolute atomic E-state index is 0.241. The third-order valence-electron chi connectivity index (χ3n) is 6.24. The van der Waals surface area contributed by atoms with Gasteiger partial charge >= 0.3 is 6.03 Å². The topological polar surface area (TPSA) is 82.1 Å². The first kappa shape index (κ1) is 22.5. The monoisotopic (exact) mass is 492 g/mol. The van der Waals surface area contributed by atoms with E-state index >= 15 is 0 Å². The number of urea groups is 1. The lowest BCUT2D eigenvalue weighted by Crippen LogP contribution is -2.45. The van der Waals surface area contributed by atoms with Crippen molar-refractivity contribution < 1.29 is 14.4 Å². The smallest absolute Gasteiger partial charge is 0.323 e. The van der Waals surface area contributed by atoms with Crippen LogP contribution in [-0.4, -0.2) is 45.5 Å². The number of carbonyl (C=O) groups excluding carboxylic acids is 3. The van der Waals surface area contributed by atoms with Gasteiger partial charge in [-0.05, 0) is 48.2 Å². The molecule has 0 saturated carbocycles. The molecule has 0 radical (unpaired) electrons. The van der Waals surface area contributed by atoms with Crippen molar-refractivity contribution in [2.45, 2.75) is 37.8 Å². The molecule has 1 saturated heterocycles. The molecule has 174 valence electrons. The summed E-state index contributed by atoms with van der Waals surface area (Å²) < 4.78 is 0. The van der Waals surface area contributed by atoms with Crippen LogP contribution in [0.3, 0.4) is 0 Å². The third-order valence-corrected chi connectivity index (χ3v) is 8.13. The SMILES string of the molecule is C[C@@]1(CCc2ccccc2)NC(=O)N(CC(=O)N2N=C(c3cccs3)C[C@H]2c2cccs2)C1=O. The minimum Gasteiger partial charge on any atom is -0.323 e. The van der Waals surface area contributed by atoms with Gasteiger partial charge in [-0.15, -0.1) is 22.7 Å². The van der Waals surface area contributed by atoms with Gasteiger partial charge in [0.25, 0.3) is 11.8 Å². The van der Waals surface area contributed by atoms with Crippen LogP contribution in [0.4, 0.5) is 4.79 Å². The highest BCUT2D eigenvalue weighted by atomic mass is 32.1. The van der Waals surface area contributed by atoms with E-state index in [2.05, 4.69) is 10.4 Å². The Morgan fingerprint density at radius 1 is 1.09 bits per heavy atom. The van der Waals surface area contributed by atoms with E-state index < -0.39 is 11.6 Å². The first-order valence-corrected chi connectivity index (χ1v) is 12.9. The van der Waals surface area contributed by atoms with E-state index in [9.17, 15) is 14.4 Å². The summed E-state index contributed by atoms with van der Waals surface area (Å²) in [7, 11) is 0. The van der Waals surface area contributed by atoms with Gasteiger partial charge in [0, 0.05) is 11.3 Å². The van der Waals surface area contributed by atoms with Gasteiger partial charge in [0.1, 0.15) is 12.1 Å². The van der Waals surface area contributed by atoms with Crippen LogP contribution in [-0.2, 0) is 16.0 Å². The van der Waals surface area contributed by atoms with Gasteiger partial charge in [-0.2, -0.15) is 5.10 Å². The highest BCUT2D eigenvalue weighted by Crippen LogP contribution is 2.36. The summed E-state index contributed by atoms with van der Waals surface area (Å²) in [5.74, 6) is -0.753. The molecule has 1 fully saturated rings. The molecular weight excluding hydrogens is 468 g/mol. The van der Waals surface area contributed by atoms with Gasteiger partial charge in [-0.25, -0.2) is 9.80 Å². The van der Waals surface area contributed by atoms with E-state index in [1.165, 1.54) is 5.01 Å². The molecule has 1 N–H and O–H groups in total. The lowest BCUT2D eigenvalue weighted by atomic mass is 9.93. The van der Waals surface area contributed by atoms with Crippen molar-refractivity contribution in [2.75, 3.05) is 6.54 Å². The van der Waals surface area contributed by atoms with Crippen molar-refractivity contribution in [1.29, 1.82) is 0 Å². The summed E-state index contributed by atoms with van der Waals surface area (Å²) in [4.78, 5) is 42.3. The Morgan fingerprint density at radius 3 is 2.56 bits per heavy atom. The van der Waals surface area contributed by atoms with E-state index in [0.29, 0.717) is 19.3 Å². The molecule has 0 unspecified atom stereocenters. The average Bonchev–Trinajstić information content (AvgIpc) is 3.63. The van der Waals surface area contributed by atoms with Crippen LogP contribution < -0.4 is 5.32 Å². The summed E-state index contributed by atoms with van der Waals surface area (Å²) in [6.45, 7) is 1.38. The van der Waals surface area contributed by atoms with Crippen LogP contribution in [0.1, 0.15) is 41.1 Å². The van der Waals surface area contributed by atoms with Gasteiger partial charge in [-0.1, -0.05) is 42.5 Å². The van der Waals surface area contributed by atoms with Crippen molar-refractivity contribution in [3.8, 4) is 0 Å². The van der Waals surface area contributed by atoms with Crippen LogP contribution in [0.15, 0.2) is 70.5 Å². The second-order valence-corrected chi connectivity index (χ2v) is 10.6. The number of rotatable bonds is 7. The molecular formula is C25H24N4O3S2. The number of hydrogen-bond acceptors (Lipinski definition) is 6. The fourth-order valence-corrected chi connectivity index (χ4v) is 5.87. The Labute approximate surface area is 205 Å². The molecule has 2 aliphatic heterocycles. The van der Waals surface area contributed by atoms with Crippen LogP contribution >= 0.6 is 22.7 Å². The number of nitrogens with one attached hydrogen (secondary N) is 1. The third kappa shape index (κ3) is 4.28. The quantitative estimate of drug-likeness (QED) is 0.496. The molecule has 2 aromatic heterocycles. The van der Waals surface area contributed by atoms with Gasteiger partial charge in [0.15, 0.2) is 0 Å². The maximum Gasteiger partial charge on any atom is 0.325 e. The minimum atomic E-state index is -1.04. The first-order chi connectivity index (χ1) is 16.4. The molecule has 2 atom stereocenters. The van der Waals surface area contributed by atoms with E-state index in [1.807, 2.05) is 65.4 Å². The molecule has 5 rings (SSSR count). The zero-order valence-electron chi connectivity index (χ0n) is 18.6. The van der Waals surface area contributed by atoms with Gasteiger partial charge in [0.2, 0.25) is 0 Å². The molecule has 2 aliphatic rings. The first-order valence-electron chi connectivity index (χ1n) is 11.1. The molecule has 3 aromatic rings. The zero-order chi connectivity index (χ0) is 23.7. The van der Waals surface area contributed by atoms with Crippen LogP contribution in [0.2, 0.25) is 0 Å². The highest BCUT2D eigenvalue weighted by molar-refractivity contribution is 7.12. The number of carbonyl (C=O) groups is 3. The molecule has 34 heavy (non-hydrogen) atoms. The Morgan fingerprint density at radius 2 is 1.85 bits per heavy atom. The van der Waals surface area contributed by atoms with Crippen molar-refractivity contribution in [3.63, 3.8) is 0 Å². The number of hydrazone groups is 1. The van der Waals surface area contributed by atoms with Gasteiger partial charge < -0.3 is 5.32 Å². The number of nitrogens with zero attached hydrogens (tertiary/aromatic N) is 3. The molecule has 0 aliphatic carbocycles. The summed E-state index contributed by atoms with van der Waals surface area (Å²) in [6, 6.07) is 16.9. The predicted octanol–water partition coefficient (Wildman–Crippen LogP) is 4.43. The Kier molecular flexibility index (Phi) is 6.05. The molecule has 4 heterocycles. The molecule has 9 heteroatoms. The molecule has 0 spiro atoms. The fourth-order valence-electron chi connectivity index (χ4n) is 4.34. The van der Waals surface area contributed by atoms with Crippen molar-refractivity contribution in [3.05, 3.63) is 80.7 Å². The van der Waals surface area contributed by atoms with E-state index in [-0.39, 0.29) is 24.4 Å². The number of thiophene rings is 2. The van der Waals surface area contributed by atoms with Crippen LogP contribution in [0.5, 0.6) is 0 Å². The van der Waals surface area contributed by atoms with Crippen molar-refractivity contribution >= 4 is 46.2 Å². The van der Waals surface area contributed by atoms with E-state index in [0.717, 1.165) is 25.9 Å². The Balaban J connectivity index is 1.32. The number of aryl methyl sites for hydroxylation is 1. The number of hydrogen-bond donors (Lipinski definition) is 1. The second kappa shape index (κ2) is 9.15. The fraction of sp³-hybridized carbons (Fsp3) is 0.280. The Hall–Kier alpha value is -3.30.